The van der Waals surface area contributed by atoms with Gasteiger partial charge in [0.15, 0.2) is 5.16 Å². The van der Waals surface area contributed by atoms with Crippen LogP contribution in [0.3, 0.4) is 0 Å². The van der Waals surface area contributed by atoms with E-state index >= 15 is 0 Å². The number of benzene rings is 1. The van der Waals surface area contributed by atoms with Crippen molar-refractivity contribution in [3.8, 4) is 5.69 Å². The molecule has 0 aliphatic carbocycles. The highest BCUT2D eigenvalue weighted by Crippen LogP contribution is 2.24. The van der Waals surface area contributed by atoms with Gasteiger partial charge in [0.05, 0.1) is 18.0 Å². The number of thiophene rings is 1. The third kappa shape index (κ3) is 3.88. The van der Waals surface area contributed by atoms with E-state index in [1.807, 2.05) is 34.3 Å². The second-order valence-corrected chi connectivity index (χ2v) is 7.42. The lowest BCUT2D eigenvalue weighted by Gasteiger charge is -2.12. The van der Waals surface area contributed by atoms with Gasteiger partial charge in [-0.3, -0.25) is 9.36 Å². The van der Waals surface area contributed by atoms with Crippen molar-refractivity contribution in [2.45, 2.75) is 25.5 Å². The van der Waals surface area contributed by atoms with Gasteiger partial charge in [0.25, 0.3) is 0 Å². The molecule has 2 aromatic heterocycles. The lowest BCUT2D eigenvalue weighted by Crippen LogP contribution is -2.24. The summed E-state index contributed by atoms with van der Waals surface area (Å²) in [4.78, 5) is 17.6. The zero-order valence-electron chi connectivity index (χ0n) is 13.7. The Hall–Kier alpha value is -2.05. The molecular weight excluding hydrogens is 338 g/mol. The summed E-state index contributed by atoms with van der Waals surface area (Å²) in [6, 6.07) is 10.2. The smallest absolute Gasteiger partial charge is 0.230 e. The van der Waals surface area contributed by atoms with Crippen LogP contribution >= 0.6 is 23.1 Å². The average molecular weight is 358 g/mol. The number of rotatable bonds is 6. The molecular formula is C18H19N3OS2. The SMILES string of the molecule is Cc1cccc(-n2ccnc2SCC(=O)NCc2cccs2)c1C. The van der Waals surface area contributed by atoms with Crippen molar-refractivity contribution in [3.05, 3.63) is 64.1 Å². The van der Waals surface area contributed by atoms with Crippen LogP contribution in [0.1, 0.15) is 16.0 Å². The van der Waals surface area contributed by atoms with E-state index in [1.54, 1.807) is 17.5 Å². The highest BCUT2D eigenvalue weighted by Gasteiger charge is 2.11. The zero-order valence-corrected chi connectivity index (χ0v) is 15.3. The average Bonchev–Trinajstić information content (AvgIpc) is 3.25. The number of carbonyl (C=O) groups is 1. The van der Waals surface area contributed by atoms with Crippen LogP contribution in [0.5, 0.6) is 0 Å². The van der Waals surface area contributed by atoms with Crippen LogP contribution in [0.15, 0.2) is 53.3 Å². The summed E-state index contributed by atoms with van der Waals surface area (Å²) >= 11 is 3.10. The number of thioether (sulfide) groups is 1. The van der Waals surface area contributed by atoms with Crippen molar-refractivity contribution in [1.82, 2.24) is 14.9 Å². The van der Waals surface area contributed by atoms with Crippen LogP contribution in [-0.2, 0) is 11.3 Å². The second-order valence-electron chi connectivity index (χ2n) is 5.44. The molecule has 24 heavy (non-hydrogen) atoms. The molecule has 0 bridgehead atoms. The van der Waals surface area contributed by atoms with Crippen molar-refractivity contribution in [1.29, 1.82) is 0 Å². The number of aryl methyl sites for hydroxylation is 1. The molecule has 4 nitrogen and oxygen atoms in total. The summed E-state index contributed by atoms with van der Waals surface area (Å²) in [6.45, 7) is 4.79. The first-order valence-corrected chi connectivity index (χ1v) is 9.53. The largest absolute Gasteiger partial charge is 0.350 e. The van der Waals surface area contributed by atoms with Crippen molar-refractivity contribution >= 4 is 29.0 Å². The third-order valence-electron chi connectivity index (χ3n) is 3.81. The normalized spacial score (nSPS) is 10.8. The number of hydrogen-bond donors (Lipinski definition) is 1. The molecule has 0 aliphatic rings. The van der Waals surface area contributed by atoms with E-state index in [-0.39, 0.29) is 5.91 Å². The molecule has 0 saturated carbocycles. The van der Waals surface area contributed by atoms with E-state index in [2.05, 4.69) is 36.3 Å². The zero-order chi connectivity index (χ0) is 16.9. The van der Waals surface area contributed by atoms with Crippen molar-refractivity contribution in [2.75, 3.05) is 5.75 Å². The summed E-state index contributed by atoms with van der Waals surface area (Å²) in [5, 5.41) is 5.78. The maximum atomic E-state index is 12.0. The monoisotopic (exact) mass is 357 g/mol. The van der Waals surface area contributed by atoms with E-state index in [1.165, 1.54) is 22.9 Å². The molecule has 0 saturated heterocycles. The minimum absolute atomic E-state index is 0.0175. The molecule has 0 aliphatic heterocycles. The fourth-order valence-electron chi connectivity index (χ4n) is 2.36. The minimum Gasteiger partial charge on any atom is -0.350 e. The minimum atomic E-state index is 0.0175. The summed E-state index contributed by atoms with van der Waals surface area (Å²) in [7, 11) is 0. The summed E-state index contributed by atoms with van der Waals surface area (Å²) in [5.41, 5.74) is 3.57. The van der Waals surface area contributed by atoms with E-state index in [4.69, 9.17) is 0 Å². The maximum Gasteiger partial charge on any atom is 0.230 e. The first-order valence-electron chi connectivity index (χ1n) is 7.67. The van der Waals surface area contributed by atoms with Gasteiger partial charge in [-0.25, -0.2) is 4.98 Å². The van der Waals surface area contributed by atoms with Crippen molar-refractivity contribution < 1.29 is 4.79 Å². The summed E-state index contributed by atoms with van der Waals surface area (Å²) in [5.74, 6) is 0.372. The van der Waals surface area contributed by atoms with Gasteiger partial charge in [0, 0.05) is 17.3 Å². The maximum absolute atomic E-state index is 12.0. The van der Waals surface area contributed by atoms with Crippen LogP contribution in [-0.4, -0.2) is 21.2 Å². The predicted molar refractivity (Wildman–Crippen MR) is 99.9 cm³/mol. The molecule has 124 valence electrons. The molecule has 1 amide bonds. The number of hydrogen-bond acceptors (Lipinski definition) is 4. The third-order valence-corrected chi connectivity index (χ3v) is 5.66. The lowest BCUT2D eigenvalue weighted by molar-refractivity contribution is -0.118. The van der Waals surface area contributed by atoms with Crippen LogP contribution in [0.2, 0.25) is 0 Å². The summed E-state index contributed by atoms with van der Waals surface area (Å²) in [6.07, 6.45) is 3.71. The Morgan fingerprint density at radius 1 is 1.29 bits per heavy atom. The number of nitrogens with zero attached hydrogens (tertiary/aromatic N) is 2. The molecule has 0 fully saturated rings. The van der Waals surface area contributed by atoms with Crippen LogP contribution in [0, 0.1) is 13.8 Å². The van der Waals surface area contributed by atoms with E-state index in [0.717, 1.165) is 15.7 Å². The van der Waals surface area contributed by atoms with Crippen molar-refractivity contribution in [3.63, 3.8) is 0 Å². The predicted octanol–water partition coefficient (Wildman–Crippen LogP) is 3.96. The topological polar surface area (TPSA) is 46.9 Å². The molecule has 0 atom stereocenters. The standard InChI is InChI=1S/C18H19N3OS2/c1-13-5-3-7-16(14(13)2)21-9-8-19-18(21)24-12-17(22)20-11-15-6-4-10-23-15/h3-10H,11-12H2,1-2H3,(H,20,22). The number of imidazole rings is 1. The molecule has 6 heteroatoms. The van der Waals surface area contributed by atoms with Crippen molar-refractivity contribution in [2.24, 2.45) is 0 Å². The Balaban J connectivity index is 1.63. The highest BCUT2D eigenvalue weighted by molar-refractivity contribution is 7.99. The van der Waals surface area contributed by atoms with E-state index in [9.17, 15) is 4.79 Å². The molecule has 1 aromatic carbocycles. The Kier molecular flexibility index (Phi) is 5.37. The van der Waals surface area contributed by atoms with Crippen LogP contribution in [0.25, 0.3) is 5.69 Å². The van der Waals surface area contributed by atoms with Crippen LogP contribution in [0.4, 0.5) is 0 Å². The van der Waals surface area contributed by atoms with Gasteiger partial charge in [-0.15, -0.1) is 11.3 Å². The number of nitrogens with one attached hydrogen (secondary N) is 1. The second kappa shape index (κ2) is 7.68. The Morgan fingerprint density at radius 3 is 2.96 bits per heavy atom. The fraction of sp³-hybridized carbons (Fsp3) is 0.222. The van der Waals surface area contributed by atoms with E-state index in [0.29, 0.717) is 12.3 Å². The highest BCUT2D eigenvalue weighted by atomic mass is 32.2. The molecule has 3 aromatic rings. The molecule has 0 radical (unpaired) electrons. The van der Waals surface area contributed by atoms with Crippen LogP contribution < -0.4 is 5.32 Å². The van der Waals surface area contributed by atoms with Gasteiger partial charge in [0.2, 0.25) is 5.91 Å². The van der Waals surface area contributed by atoms with E-state index < -0.39 is 0 Å². The van der Waals surface area contributed by atoms with Gasteiger partial charge >= 0.3 is 0 Å². The number of aromatic nitrogens is 2. The molecule has 0 spiro atoms. The molecule has 2 heterocycles. The first kappa shape index (κ1) is 16.8. The first-order chi connectivity index (χ1) is 11.6. The van der Waals surface area contributed by atoms with Gasteiger partial charge in [0.1, 0.15) is 0 Å². The van der Waals surface area contributed by atoms with Gasteiger partial charge in [-0.05, 0) is 42.5 Å². The summed E-state index contributed by atoms with van der Waals surface area (Å²) < 4.78 is 2.04. The quantitative estimate of drug-likeness (QED) is 0.679. The number of amides is 1. The van der Waals surface area contributed by atoms with Gasteiger partial charge in [-0.1, -0.05) is 30.0 Å². The Labute approximate surface area is 149 Å². The number of carbonyl (C=O) groups excluding carboxylic acids is 1. The Morgan fingerprint density at radius 2 is 2.17 bits per heavy atom. The van der Waals surface area contributed by atoms with Gasteiger partial charge in [-0.2, -0.15) is 0 Å². The lowest BCUT2D eigenvalue weighted by atomic mass is 10.1. The molecule has 0 unspecified atom stereocenters. The van der Waals surface area contributed by atoms with Gasteiger partial charge < -0.3 is 5.32 Å². The Bertz CT molecular complexity index is 825. The molecule has 1 N–H and O–H groups in total. The fourth-order valence-corrected chi connectivity index (χ4v) is 3.80. The molecule has 3 rings (SSSR count).